The normalized spacial score (nSPS) is 10.4. The van der Waals surface area contributed by atoms with Crippen LogP contribution < -0.4 is 0 Å². The molecule has 2 nitrogen and oxygen atoms in total. The zero-order valence-electron chi connectivity index (χ0n) is 9.08. The number of ketones is 1. The van der Waals surface area contributed by atoms with Gasteiger partial charge in [0.25, 0.3) is 0 Å². The van der Waals surface area contributed by atoms with Crippen LogP contribution in [0.4, 0.5) is 0 Å². The van der Waals surface area contributed by atoms with E-state index in [1.807, 2.05) is 13.8 Å². The summed E-state index contributed by atoms with van der Waals surface area (Å²) in [5, 5.41) is 0.675. The van der Waals surface area contributed by atoms with Gasteiger partial charge < -0.3 is 4.42 Å². The van der Waals surface area contributed by atoms with E-state index in [-0.39, 0.29) is 5.78 Å². The van der Waals surface area contributed by atoms with Gasteiger partial charge in [-0.3, -0.25) is 4.79 Å². The Morgan fingerprint density at radius 1 is 1.25 bits per heavy atom. The Bertz CT molecular complexity index is 527. The van der Waals surface area contributed by atoms with E-state index in [1.54, 1.807) is 24.3 Å². The first kappa shape index (κ1) is 11.0. The SMILES string of the molecule is Cc1cc(C(=O)c2ccco2)c(C)cc1Cl. The zero-order chi connectivity index (χ0) is 11.7. The molecular weight excluding hydrogens is 224 g/mol. The van der Waals surface area contributed by atoms with Crippen LogP contribution in [0.3, 0.4) is 0 Å². The van der Waals surface area contributed by atoms with Gasteiger partial charge in [0.2, 0.25) is 5.78 Å². The summed E-state index contributed by atoms with van der Waals surface area (Å²) < 4.78 is 5.09. The molecule has 0 spiro atoms. The molecule has 16 heavy (non-hydrogen) atoms. The molecule has 0 fully saturated rings. The van der Waals surface area contributed by atoms with Gasteiger partial charge in [-0.1, -0.05) is 11.6 Å². The average molecular weight is 235 g/mol. The maximum absolute atomic E-state index is 12.1. The zero-order valence-corrected chi connectivity index (χ0v) is 9.84. The fraction of sp³-hybridized carbons (Fsp3) is 0.154. The lowest BCUT2D eigenvalue weighted by atomic mass is 10.0. The van der Waals surface area contributed by atoms with Crippen molar-refractivity contribution in [3.63, 3.8) is 0 Å². The van der Waals surface area contributed by atoms with Gasteiger partial charge in [0, 0.05) is 10.6 Å². The van der Waals surface area contributed by atoms with Crippen LogP contribution in [-0.2, 0) is 0 Å². The molecule has 0 bridgehead atoms. The molecule has 0 N–H and O–H groups in total. The lowest BCUT2D eigenvalue weighted by Crippen LogP contribution is -2.03. The van der Waals surface area contributed by atoms with Gasteiger partial charge in [-0.25, -0.2) is 0 Å². The second-order valence-corrected chi connectivity index (χ2v) is 4.13. The minimum atomic E-state index is -0.109. The first-order valence-electron chi connectivity index (χ1n) is 4.94. The second kappa shape index (κ2) is 4.14. The first-order chi connectivity index (χ1) is 7.59. The Balaban J connectivity index is 2.49. The lowest BCUT2D eigenvalue weighted by Gasteiger charge is -2.06. The highest BCUT2D eigenvalue weighted by atomic mass is 35.5. The molecule has 2 rings (SSSR count). The number of halogens is 1. The predicted molar refractivity (Wildman–Crippen MR) is 63.1 cm³/mol. The van der Waals surface area contributed by atoms with E-state index in [0.717, 1.165) is 11.1 Å². The van der Waals surface area contributed by atoms with Crippen molar-refractivity contribution < 1.29 is 9.21 Å². The molecule has 0 aliphatic heterocycles. The summed E-state index contributed by atoms with van der Waals surface area (Å²) in [6.07, 6.45) is 1.49. The van der Waals surface area contributed by atoms with Crippen LogP contribution in [0.2, 0.25) is 5.02 Å². The number of benzene rings is 1. The summed E-state index contributed by atoms with van der Waals surface area (Å²) in [6.45, 7) is 3.74. The van der Waals surface area contributed by atoms with Crippen molar-refractivity contribution in [1.82, 2.24) is 0 Å². The maximum Gasteiger partial charge on any atom is 0.228 e. The van der Waals surface area contributed by atoms with Crippen molar-refractivity contribution in [3.8, 4) is 0 Å². The molecule has 0 saturated heterocycles. The van der Waals surface area contributed by atoms with Crippen molar-refractivity contribution in [2.45, 2.75) is 13.8 Å². The Morgan fingerprint density at radius 2 is 2.00 bits per heavy atom. The molecule has 3 heteroatoms. The fourth-order valence-electron chi connectivity index (χ4n) is 1.57. The molecule has 0 saturated carbocycles. The molecule has 0 atom stereocenters. The Hall–Kier alpha value is -1.54. The van der Waals surface area contributed by atoms with Crippen molar-refractivity contribution in [2.75, 3.05) is 0 Å². The van der Waals surface area contributed by atoms with Crippen molar-refractivity contribution in [3.05, 3.63) is 58.0 Å². The van der Waals surface area contributed by atoms with E-state index >= 15 is 0 Å². The highest BCUT2D eigenvalue weighted by molar-refractivity contribution is 6.31. The van der Waals surface area contributed by atoms with Crippen molar-refractivity contribution in [1.29, 1.82) is 0 Å². The largest absolute Gasteiger partial charge is 0.461 e. The van der Waals surface area contributed by atoms with Crippen LogP contribution in [0.15, 0.2) is 34.9 Å². The van der Waals surface area contributed by atoms with Crippen LogP contribution in [-0.4, -0.2) is 5.78 Å². The Labute approximate surface area is 98.8 Å². The standard InChI is InChI=1S/C13H11ClO2/c1-8-7-11(14)9(2)6-10(8)13(15)12-4-3-5-16-12/h3-7H,1-2H3. The van der Waals surface area contributed by atoms with E-state index in [1.165, 1.54) is 6.26 Å². The molecule has 1 aromatic heterocycles. The highest BCUT2D eigenvalue weighted by Crippen LogP contribution is 2.22. The number of hydrogen-bond donors (Lipinski definition) is 0. The number of aryl methyl sites for hydroxylation is 2. The molecular formula is C13H11ClO2. The van der Waals surface area contributed by atoms with E-state index in [2.05, 4.69) is 0 Å². The molecule has 1 heterocycles. The van der Waals surface area contributed by atoms with Gasteiger partial charge in [0.1, 0.15) is 0 Å². The van der Waals surface area contributed by atoms with Gasteiger partial charge in [-0.15, -0.1) is 0 Å². The summed E-state index contributed by atoms with van der Waals surface area (Å²) in [7, 11) is 0. The third-order valence-corrected chi connectivity index (χ3v) is 2.90. The first-order valence-corrected chi connectivity index (χ1v) is 5.32. The van der Waals surface area contributed by atoms with E-state index in [9.17, 15) is 4.79 Å². The molecule has 2 aromatic rings. The van der Waals surface area contributed by atoms with Crippen LogP contribution in [0.5, 0.6) is 0 Å². The number of furan rings is 1. The molecule has 0 aliphatic rings. The van der Waals surface area contributed by atoms with Crippen LogP contribution >= 0.6 is 11.6 Å². The predicted octanol–water partition coefficient (Wildman–Crippen LogP) is 3.78. The maximum atomic E-state index is 12.1. The summed E-state index contributed by atoms with van der Waals surface area (Å²) >= 11 is 5.98. The van der Waals surface area contributed by atoms with Gasteiger partial charge in [-0.2, -0.15) is 0 Å². The van der Waals surface area contributed by atoms with Gasteiger partial charge in [0.05, 0.1) is 6.26 Å². The monoisotopic (exact) mass is 234 g/mol. The van der Waals surface area contributed by atoms with Gasteiger partial charge in [0.15, 0.2) is 5.76 Å². The lowest BCUT2D eigenvalue weighted by molar-refractivity contribution is 0.101. The highest BCUT2D eigenvalue weighted by Gasteiger charge is 2.15. The molecule has 0 radical (unpaired) electrons. The molecule has 82 valence electrons. The van der Waals surface area contributed by atoms with E-state index in [4.69, 9.17) is 16.0 Å². The number of carbonyl (C=O) groups excluding carboxylic acids is 1. The number of hydrogen-bond acceptors (Lipinski definition) is 2. The smallest absolute Gasteiger partial charge is 0.228 e. The second-order valence-electron chi connectivity index (χ2n) is 3.72. The average Bonchev–Trinajstić information content (AvgIpc) is 2.75. The van der Waals surface area contributed by atoms with Crippen LogP contribution in [0.25, 0.3) is 0 Å². The van der Waals surface area contributed by atoms with Crippen LogP contribution in [0.1, 0.15) is 27.2 Å². The minimum absolute atomic E-state index is 0.109. The third-order valence-electron chi connectivity index (χ3n) is 2.50. The van der Waals surface area contributed by atoms with E-state index in [0.29, 0.717) is 16.3 Å². The summed E-state index contributed by atoms with van der Waals surface area (Å²) in [4.78, 5) is 12.1. The molecule has 0 aliphatic carbocycles. The van der Waals surface area contributed by atoms with Gasteiger partial charge >= 0.3 is 0 Å². The fourth-order valence-corrected chi connectivity index (χ4v) is 1.78. The number of carbonyl (C=O) groups is 1. The summed E-state index contributed by atoms with van der Waals surface area (Å²) in [6, 6.07) is 6.95. The topological polar surface area (TPSA) is 30.2 Å². The van der Waals surface area contributed by atoms with Gasteiger partial charge in [-0.05, 0) is 49.2 Å². The number of rotatable bonds is 2. The molecule has 0 unspecified atom stereocenters. The Kier molecular flexibility index (Phi) is 2.84. The van der Waals surface area contributed by atoms with Crippen molar-refractivity contribution in [2.24, 2.45) is 0 Å². The quantitative estimate of drug-likeness (QED) is 0.741. The van der Waals surface area contributed by atoms with Crippen molar-refractivity contribution >= 4 is 17.4 Å². The molecule has 0 amide bonds. The van der Waals surface area contributed by atoms with Crippen LogP contribution in [0, 0.1) is 13.8 Å². The third kappa shape index (κ3) is 1.89. The summed E-state index contributed by atoms with van der Waals surface area (Å²) in [5.74, 6) is 0.243. The summed E-state index contributed by atoms with van der Waals surface area (Å²) in [5.41, 5.74) is 2.39. The Morgan fingerprint density at radius 3 is 2.62 bits per heavy atom. The van der Waals surface area contributed by atoms with E-state index < -0.39 is 0 Å². The molecule has 1 aromatic carbocycles. The minimum Gasteiger partial charge on any atom is -0.461 e.